The van der Waals surface area contributed by atoms with Gasteiger partial charge in [-0.15, -0.1) is 0 Å². The smallest absolute Gasteiger partial charge is 0.249 e. The van der Waals surface area contributed by atoms with E-state index in [0.717, 1.165) is 12.8 Å². The van der Waals surface area contributed by atoms with Gasteiger partial charge in [-0.3, -0.25) is 4.79 Å². The Morgan fingerprint density at radius 3 is 3.18 bits per heavy atom. The second-order valence-corrected chi connectivity index (χ2v) is 4.86. The molecule has 0 saturated carbocycles. The molecule has 0 radical (unpaired) electrons. The lowest BCUT2D eigenvalue weighted by atomic mass is 10.2. The van der Waals surface area contributed by atoms with Crippen molar-refractivity contribution in [2.75, 3.05) is 31.6 Å². The van der Waals surface area contributed by atoms with Crippen molar-refractivity contribution in [2.45, 2.75) is 18.9 Å². The van der Waals surface area contributed by atoms with E-state index in [1.54, 1.807) is 23.2 Å². The fourth-order valence-electron chi connectivity index (χ4n) is 2.32. The van der Waals surface area contributed by atoms with Crippen molar-refractivity contribution in [3.8, 4) is 12.1 Å². The number of carbonyl (C=O) groups excluding carboxylic acids is 1. The Labute approximate surface area is 129 Å². The van der Waals surface area contributed by atoms with E-state index in [1.165, 1.54) is 0 Å². The molecule has 1 aromatic heterocycles. The van der Waals surface area contributed by atoms with Crippen LogP contribution in [0.15, 0.2) is 18.3 Å². The Kier molecular flexibility index (Phi) is 5.70. The molecule has 1 atom stereocenters. The summed E-state index contributed by atoms with van der Waals surface area (Å²) in [5, 5.41) is 20.9. The third-order valence-corrected chi connectivity index (χ3v) is 3.41. The second kappa shape index (κ2) is 7.96. The lowest BCUT2D eigenvalue weighted by Crippen LogP contribution is -2.37. The van der Waals surface area contributed by atoms with Crippen molar-refractivity contribution in [1.82, 2.24) is 9.88 Å². The summed E-state index contributed by atoms with van der Waals surface area (Å²) in [6, 6.07) is 7.23. The fraction of sp³-hybridized carbons (Fsp3) is 0.467. The summed E-state index contributed by atoms with van der Waals surface area (Å²) in [5.74, 6) is 0.351. The highest BCUT2D eigenvalue weighted by Crippen LogP contribution is 2.16. The standard InChI is InChI=1S/C15H17N5O2/c16-9-12-3-1-5-18-15(12)19-6-8-22-11-14(21)20-7-2-4-13(20)10-17/h1,3,5,13H,2,4,6-8,11H2,(H,18,19)/t13-/m0/s1. The highest BCUT2D eigenvalue weighted by molar-refractivity contribution is 5.78. The molecule has 1 fully saturated rings. The van der Waals surface area contributed by atoms with Gasteiger partial charge in [-0.25, -0.2) is 4.98 Å². The number of pyridine rings is 1. The number of nitrogens with one attached hydrogen (secondary N) is 1. The van der Waals surface area contributed by atoms with Crippen molar-refractivity contribution in [3.05, 3.63) is 23.9 Å². The van der Waals surface area contributed by atoms with Crippen LogP contribution in [0, 0.1) is 22.7 Å². The first-order chi connectivity index (χ1) is 10.8. The molecule has 1 saturated heterocycles. The van der Waals surface area contributed by atoms with E-state index in [0.29, 0.717) is 31.1 Å². The minimum atomic E-state index is -0.319. The number of hydrogen-bond donors (Lipinski definition) is 1. The van der Waals surface area contributed by atoms with Gasteiger partial charge in [-0.05, 0) is 25.0 Å². The predicted octanol–water partition coefficient (Wildman–Crippen LogP) is 0.896. The Hall–Kier alpha value is -2.64. The van der Waals surface area contributed by atoms with E-state index < -0.39 is 0 Å². The molecule has 1 aliphatic rings. The maximum Gasteiger partial charge on any atom is 0.249 e. The highest BCUT2D eigenvalue weighted by Gasteiger charge is 2.28. The van der Waals surface area contributed by atoms with Gasteiger partial charge in [0.15, 0.2) is 0 Å². The number of rotatable bonds is 6. The number of ether oxygens (including phenoxy) is 1. The summed E-state index contributed by atoms with van der Waals surface area (Å²) in [7, 11) is 0. The minimum absolute atomic E-state index is 0.0345. The van der Waals surface area contributed by atoms with Crippen LogP contribution in [0.3, 0.4) is 0 Å². The minimum Gasteiger partial charge on any atom is -0.370 e. The van der Waals surface area contributed by atoms with Crippen LogP contribution in [0.5, 0.6) is 0 Å². The maximum atomic E-state index is 11.9. The van der Waals surface area contributed by atoms with Crippen molar-refractivity contribution in [1.29, 1.82) is 10.5 Å². The van der Waals surface area contributed by atoms with Crippen molar-refractivity contribution in [2.24, 2.45) is 0 Å². The molecule has 1 aromatic rings. The number of aromatic nitrogens is 1. The Balaban J connectivity index is 1.68. The van der Waals surface area contributed by atoms with Crippen LogP contribution in [0.1, 0.15) is 18.4 Å². The van der Waals surface area contributed by atoms with Crippen LogP contribution in [0.2, 0.25) is 0 Å². The molecular formula is C15H17N5O2. The summed E-state index contributed by atoms with van der Waals surface area (Å²) in [4.78, 5) is 17.6. The van der Waals surface area contributed by atoms with Crippen molar-refractivity contribution in [3.63, 3.8) is 0 Å². The molecule has 0 aliphatic carbocycles. The average molecular weight is 299 g/mol. The fourth-order valence-corrected chi connectivity index (χ4v) is 2.32. The summed E-state index contributed by atoms with van der Waals surface area (Å²) in [5.41, 5.74) is 0.465. The molecule has 0 bridgehead atoms. The molecule has 1 amide bonds. The molecule has 22 heavy (non-hydrogen) atoms. The summed E-state index contributed by atoms with van der Waals surface area (Å²) in [6.45, 7) is 1.35. The molecule has 114 valence electrons. The molecule has 2 rings (SSSR count). The third kappa shape index (κ3) is 3.94. The third-order valence-electron chi connectivity index (χ3n) is 3.41. The molecule has 0 aromatic carbocycles. The molecule has 7 nitrogen and oxygen atoms in total. The first-order valence-electron chi connectivity index (χ1n) is 7.12. The largest absolute Gasteiger partial charge is 0.370 e. The van der Waals surface area contributed by atoms with Gasteiger partial charge in [0.05, 0.1) is 18.2 Å². The second-order valence-electron chi connectivity index (χ2n) is 4.86. The number of carbonyl (C=O) groups is 1. The van der Waals surface area contributed by atoms with Crippen LogP contribution in [-0.2, 0) is 9.53 Å². The Morgan fingerprint density at radius 1 is 1.55 bits per heavy atom. The van der Waals surface area contributed by atoms with E-state index in [4.69, 9.17) is 15.3 Å². The van der Waals surface area contributed by atoms with Gasteiger partial charge in [0.1, 0.15) is 24.5 Å². The SMILES string of the molecule is N#Cc1cccnc1NCCOCC(=O)N1CCC[C@H]1C#N. The molecule has 0 spiro atoms. The summed E-state index contributed by atoms with van der Waals surface area (Å²) < 4.78 is 5.32. The summed E-state index contributed by atoms with van der Waals surface area (Å²) in [6.07, 6.45) is 3.20. The molecule has 1 aliphatic heterocycles. The normalized spacial score (nSPS) is 16.8. The highest BCUT2D eigenvalue weighted by atomic mass is 16.5. The van der Waals surface area contributed by atoms with Crippen molar-refractivity contribution < 1.29 is 9.53 Å². The van der Waals surface area contributed by atoms with E-state index in [-0.39, 0.29) is 18.6 Å². The van der Waals surface area contributed by atoms with Crippen molar-refractivity contribution >= 4 is 11.7 Å². The zero-order valence-electron chi connectivity index (χ0n) is 12.2. The van der Waals surface area contributed by atoms with Gasteiger partial charge in [-0.1, -0.05) is 0 Å². The number of amides is 1. The quantitative estimate of drug-likeness (QED) is 0.783. The van der Waals surface area contributed by atoms with Crippen LogP contribution >= 0.6 is 0 Å². The molecule has 7 heteroatoms. The van der Waals surface area contributed by atoms with E-state index >= 15 is 0 Å². The van der Waals surface area contributed by atoms with Gasteiger partial charge in [0.2, 0.25) is 5.91 Å². The van der Waals surface area contributed by atoms with Gasteiger partial charge in [-0.2, -0.15) is 10.5 Å². The van der Waals surface area contributed by atoms with E-state index in [2.05, 4.69) is 16.4 Å². The van der Waals surface area contributed by atoms with E-state index in [9.17, 15) is 4.79 Å². The van der Waals surface area contributed by atoms with Gasteiger partial charge in [0.25, 0.3) is 0 Å². The van der Waals surface area contributed by atoms with Crippen LogP contribution in [0.25, 0.3) is 0 Å². The zero-order valence-corrected chi connectivity index (χ0v) is 12.2. The monoisotopic (exact) mass is 299 g/mol. The van der Waals surface area contributed by atoms with Gasteiger partial charge >= 0.3 is 0 Å². The number of hydrogen-bond acceptors (Lipinski definition) is 6. The van der Waals surface area contributed by atoms with Gasteiger partial charge < -0.3 is 15.0 Å². The summed E-state index contributed by atoms with van der Waals surface area (Å²) >= 11 is 0. The first kappa shape index (κ1) is 15.7. The number of anilines is 1. The zero-order chi connectivity index (χ0) is 15.8. The van der Waals surface area contributed by atoms with E-state index in [1.807, 2.05) is 6.07 Å². The maximum absolute atomic E-state index is 11.9. The molecule has 2 heterocycles. The van der Waals surface area contributed by atoms with Crippen LogP contribution in [0.4, 0.5) is 5.82 Å². The molecular weight excluding hydrogens is 282 g/mol. The molecule has 0 unspecified atom stereocenters. The number of likely N-dealkylation sites (tertiary alicyclic amines) is 1. The average Bonchev–Trinajstić information content (AvgIpc) is 3.03. The number of nitriles is 2. The predicted molar refractivity (Wildman–Crippen MR) is 78.6 cm³/mol. The Morgan fingerprint density at radius 2 is 2.41 bits per heavy atom. The lowest BCUT2D eigenvalue weighted by molar-refractivity contribution is -0.135. The topological polar surface area (TPSA) is 102 Å². The first-order valence-corrected chi connectivity index (χ1v) is 7.12. The Bertz CT molecular complexity index is 605. The van der Waals surface area contributed by atoms with Crippen LogP contribution < -0.4 is 5.32 Å². The van der Waals surface area contributed by atoms with Gasteiger partial charge in [0, 0.05) is 19.3 Å². The lowest BCUT2D eigenvalue weighted by Gasteiger charge is -2.19. The number of nitrogens with zero attached hydrogens (tertiary/aromatic N) is 4. The van der Waals surface area contributed by atoms with Crippen LogP contribution in [-0.4, -0.2) is 48.1 Å². The molecule has 1 N–H and O–H groups in total.